The van der Waals surface area contributed by atoms with Gasteiger partial charge in [0.2, 0.25) is 0 Å². The van der Waals surface area contributed by atoms with Crippen molar-refractivity contribution in [1.82, 2.24) is 4.98 Å². The van der Waals surface area contributed by atoms with Gasteiger partial charge in [0, 0.05) is 16.3 Å². The molecule has 0 radical (unpaired) electrons. The fourth-order valence-electron chi connectivity index (χ4n) is 2.12. The van der Waals surface area contributed by atoms with Gasteiger partial charge in [0.05, 0.1) is 6.26 Å². The molecule has 2 aromatic heterocycles. The van der Waals surface area contributed by atoms with Crippen molar-refractivity contribution in [1.29, 1.82) is 0 Å². The van der Waals surface area contributed by atoms with E-state index in [0.29, 0.717) is 27.8 Å². The van der Waals surface area contributed by atoms with Crippen molar-refractivity contribution in [3.05, 3.63) is 53.2 Å². The number of hydrogen-bond acceptors (Lipinski definition) is 5. The number of benzene rings is 1. The molecule has 24 heavy (non-hydrogen) atoms. The van der Waals surface area contributed by atoms with Gasteiger partial charge in [0.25, 0.3) is 5.91 Å². The quantitative estimate of drug-likeness (QED) is 0.674. The molecule has 2 heterocycles. The summed E-state index contributed by atoms with van der Waals surface area (Å²) < 4.78 is 5.30. The van der Waals surface area contributed by atoms with Crippen LogP contribution in [0.4, 0.5) is 16.2 Å². The molecule has 8 heteroatoms. The maximum Gasteiger partial charge on any atom is 0.316 e. The van der Waals surface area contributed by atoms with E-state index in [-0.39, 0.29) is 5.91 Å². The SMILES string of the molecule is Cc1sc(-c2ccco2)nc1C(=O)Nc1cccc(NC(N)=O)c1. The predicted octanol–water partition coefficient (Wildman–Crippen LogP) is 3.45. The minimum absolute atomic E-state index is 0.333. The third-order valence-corrected chi connectivity index (χ3v) is 4.12. The van der Waals surface area contributed by atoms with E-state index < -0.39 is 6.03 Å². The number of nitrogens with two attached hydrogens (primary N) is 1. The number of nitrogens with zero attached hydrogens (tertiary/aromatic N) is 1. The molecule has 7 nitrogen and oxygen atoms in total. The lowest BCUT2D eigenvalue weighted by Crippen LogP contribution is -2.19. The van der Waals surface area contributed by atoms with Crippen LogP contribution in [0, 0.1) is 6.92 Å². The highest BCUT2D eigenvalue weighted by Gasteiger charge is 2.17. The van der Waals surface area contributed by atoms with Crippen LogP contribution in [-0.2, 0) is 0 Å². The van der Waals surface area contributed by atoms with E-state index in [2.05, 4.69) is 15.6 Å². The molecule has 0 spiro atoms. The van der Waals surface area contributed by atoms with Crippen molar-refractivity contribution in [2.24, 2.45) is 5.73 Å². The molecule has 122 valence electrons. The molecule has 0 bridgehead atoms. The zero-order valence-electron chi connectivity index (χ0n) is 12.7. The molecule has 0 atom stereocenters. The van der Waals surface area contributed by atoms with Crippen LogP contribution in [0.3, 0.4) is 0 Å². The number of furan rings is 1. The van der Waals surface area contributed by atoms with Crippen LogP contribution in [0.15, 0.2) is 47.1 Å². The summed E-state index contributed by atoms with van der Waals surface area (Å²) in [6, 6.07) is 9.57. The third kappa shape index (κ3) is 3.44. The molecule has 0 saturated carbocycles. The Morgan fingerprint density at radius 3 is 2.58 bits per heavy atom. The monoisotopic (exact) mass is 342 g/mol. The summed E-state index contributed by atoms with van der Waals surface area (Å²) in [5, 5.41) is 5.85. The van der Waals surface area contributed by atoms with Crippen LogP contribution in [-0.4, -0.2) is 16.9 Å². The molecule has 3 rings (SSSR count). The van der Waals surface area contributed by atoms with Gasteiger partial charge < -0.3 is 20.8 Å². The summed E-state index contributed by atoms with van der Waals surface area (Å²) in [5.41, 5.74) is 6.43. The fourth-order valence-corrected chi connectivity index (χ4v) is 3.00. The first-order valence-corrected chi connectivity index (χ1v) is 7.84. The fraction of sp³-hybridized carbons (Fsp3) is 0.0625. The van der Waals surface area contributed by atoms with Gasteiger partial charge in [0.1, 0.15) is 5.69 Å². The van der Waals surface area contributed by atoms with Gasteiger partial charge in [-0.2, -0.15) is 0 Å². The van der Waals surface area contributed by atoms with E-state index in [4.69, 9.17) is 10.2 Å². The van der Waals surface area contributed by atoms with Gasteiger partial charge in [-0.15, -0.1) is 11.3 Å². The van der Waals surface area contributed by atoms with E-state index >= 15 is 0 Å². The lowest BCUT2D eigenvalue weighted by atomic mass is 10.2. The zero-order chi connectivity index (χ0) is 17.1. The minimum atomic E-state index is -0.670. The lowest BCUT2D eigenvalue weighted by molar-refractivity contribution is 0.102. The molecule has 0 saturated heterocycles. The minimum Gasteiger partial charge on any atom is -0.462 e. The average Bonchev–Trinajstić information content (AvgIpc) is 3.16. The van der Waals surface area contributed by atoms with Crippen LogP contribution >= 0.6 is 11.3 Å². The summed E-state index contributed by atoms with van der Waals surface area (Å²) in [5.74, 6) is 0.285. The highest BCUT2D eigenvalue weighted by atomic mass is 32.1. The molecule has 1 aromatic carbocycles. The second kappa shape index (κ2) is 6.55. The van der Waals surface area contributed by atoms with Crippen molar-refractivity contribution in [3.8, 4) is 10.8 Å². The van der Waals surface area contributed by atoms with Gasteiger partial charge in [-0.1, -0.05) is 6.07 Å². The summed E-state index contributed by atoms with van der Waals surface area (Å²) in [4.78, 5) is 28.5. The number of carbonyl (C=O) groups excluding carboxylic acids is 2. The van der Waals surface area contributed by atoms with Gasteiger partial charge in [-0.3, -0.25) is 4.79 Å². The number of anilines is 2. The molecule has 3 amide bonds. The van der Waals surface area contributed by atoms with Crippen molar-refractivity contribution in [2.45, 2.75) is 6.92 Å². The summed E-state index contributed by atoms with van der Waals surface area (Å²) in [6.45, 7) is 1.82. The maximum absolute atomic E-state index is 12.4. The molecule has 0 unspecified atom stereocenters. The normalized spacial score (nSPS) is 10.4. The van der Waals surface area contributed by atoms with E-state index in [1.54, 1.807) is 42.7 Å². The first kappa shape index (κ1) is 15.8. The molecule has 0 aliphatic rings. The Bertz CT molecular complexity index is 887. The number of primary amides is 1. The van der Waals surface area contributed by atoms with Crippen LogP contribution < -0.4 is 16.4 Å². The number of thiazole rings is 1. The third-order valence-electron chi connectivity index (χ3n) is 3.13. The van der Waals surface area contributed by atoms with Gasteiger partial charge in [0.15, 0.2) is 10.8 Å². The van der Waals surface area contributed by atoms with E-state index in [1.165, 1.54) is 11.3 Å². The molecule has 4 N–H and O–H groups in total. The van der Waals surface area contributed by atoms with Gasteiger partial charge in [-0.05, 0) is 37.3 Å². The molecule has 3 aromatic rings. The molecule has 0 aliphatic heterocycles. The van der Waals surface area contributed by atoms with Crippen LogP contribution in [0.5, 0.6) is 0 Å². The number of aryl methyl sites for hydroxylation is 1. The average molecular weight is 342 g/mol. The van der Waals surface area contributed by atoms with Crippen LogP contribution in [0.25, 0.3) is 10.8 Å². The standard InChI is InChI=1S/C16H14N4O3S/c1-9-13(20-15(24-9)12-6-3-7-23-12)14(21)18-10-4-2-5-11(8-10)19-16(17)22/h2-8H,1H3,(H,18,21)(H3,17,19,22). The summed E-state index contributed by atoms with van der Waals surface area (Å²) >= 11 is 1.38. The number of nitrogens with one attached hydrogen (secondary N) is 2. The molecule has 0 fully saturated rings. The largest absolute Gasteiger partial charge is 0.462 e. The molecular weight excluding hydrogens is 328 g/mol. The second-order valence-electron chi connectivity index (χ2n) is 4.93. The van der Waals surface area contributed by atoms with Crippen molar-refractivity contribution in [2.75, 3.05) is 10.6 Å². The number of aromatic nitrogens is 1. The van der Waals surface area contributed by atoms with Crippen molar-refractivity contribution < 1.29 is 14.0 Å². The lowest BCUT2D eigenvalue weighted by Gasteiger charge is -2.07. The van der Waals surface area contributed by atoms with Gasteiger partial charge >= 0.3 is 6.03 Å². The summed E-state index contributed by atoms with van der Waals surface area (Å²) in [6.07, 6.45) is 1.56. The highest BCUT2D eigenvalue weighted by molar-refractivity contribution is 7.15. The molecular formula is C16H14N4O3S. The van der Waals surface area contributed by atoms with Gasteiger partial charge in [-0.25, -0.2) is 9.78 Å². The maximum atomic E-state index is 12.4. The predicted molar refractivity (Wildman–Crippen MR) is 92.2 cm³/mol. The Kier molecular flexibility index (Phi) is 4.30. The van der Waals surface area contributed by atoms with Crippen molar-refractivity contribution in [3.63, 3.8) is 0 Å². The number of hydrogen-bond donors (Lipinski definition) is 3. The van der Waals surface area contributed by atoms with Crippen LogP contribution in [0.1, 0.15) is 15.4 Å². The topological polar surface area (TPSA) is 110 Å². The number of urea groups is 1. The Balaban J connectivity index is 1.79. The number of carbonyl (C=O) groups is 2. The van der Waals surface area contributed by atoms with E-state index in [1.807, 2.05) is 6.92 Å². The Labute approximate surface area is 141 Å². The van der Waals surface area contributed by atoms with Crippen molar-refractivity contribution >= 4 is 34.6 Å². The highest BCUT2D eigenvalue weighted by Crippen LogP contribution is 2.28. The first-order valence-electron chi connectivity index (χ1n) is 7.02. The zero-order valence-corrected chi connectivity index (χ0v) is 13.5. The van der Waals surface area contributed by atoms with E-state index in [0.717, 1.165) is 4.88 Å². The molecule has 0 aliphatic carbocycles. The second-order valence-corrected chi connectivity index (χ2v) is 6.13. The number of rotatable bonds is 4. The first-order chi connectivity index (χ1) is 11.5. The Morgan fingerprint density at radius 2 is 1.92 bits per heavy atom. The summed E-state index contributed by atoms with van der Waals surface area (Å²) in [7, 11) is 0. The van der Waals surface area contributed by atoms with E-state index in [9.17, 15) is 9.59 Å². The number of amides is 3. The Hall–Kier alpha value is -3.13. The smallest absolute Gasteiger partial charge is 0.316 e. The van der Waals surface area contributed by atoms with Crippen LogP contribution in [0.2, 0.25) is 0 Å². The Morgan fingerprint density at radius 1 is 1.17 bits per heavy atom.